The molecule has 2 heteroatoms. The third kappa shape index (κ3) is 1.95. The largest absolute Gasteiger partial charge is 0.322 e. The van der Waals surface area contributed by atoms with Gasteiger partial charge in [0, 0.05) is 6.42 Å². The van der Waals surface area contributed by atoms with E-state index in [0.717, 1.165) is 11.1 Å². The smallest absolute Gasteiger partial charge is 0.123 e. The topological polar surface area (TPSA) is 26.0 Å². The fourth-order valence-electron chi connectivity index (χ4n) is 1.33. The molecule has 13 heavy (non-hydrogen) atoms. The fraction of sp³-hybridized carbons (Fsp3) is 0.273. The number of rotatable bonds is 2. The zero-order valence-corrected chi connectivity index (χ0v) is 7.59. The highest BCUT2D eigenvalue weighted by atomic mass is 19.1. The monoisotopic (exact) mass is 179 g/mol. The van der Waals surface area contributed by atoms with Gasteiger partial charge in [0.05, 0.1) is 6.04 Å². The standard InChI is InChI=1S/C11H14FN/c1-4-7(2)5-9-6-10(12)11(13)8(9)3/h4-5,10-11H,1-3,6,13H2/b9-5-/t10?,11-/m1/s1. The van der Waals surface area contributed by atoms with E-state index in [2.05, 4.69) is 19.7 Å². The number of nitrogens with two attached hydrogens (primary N) is 1. The van der Waals surface area contributed by atoms with E-state index in [1.165, 1.54) is 0 Å². The van der Waals surface area contributed by atoms with Gasteiger partial charge in [-0.15, -0.1) is 0 Å². The Morgan fingerprint density at radius 1 is 1.62 bits per heavy atom. The van der Waals surface area contributed by atoms with Crippen molar-refractivity contribution in [1.82, 2.24) is 0 Å². The lowest BCUT2D eigenvalue weighted by molar-refractivity contribution is 0.326. The molecule has 2 atom stereocenters. The van der Waals surface area contributed by atoms with Crippen LogP contribution in [0.2, 0.25) is 0 Å². The summed E-state index contributed by atoms with van der Waals surface area (Å²) in [6.45, 7) is 11.0. The van der Waals surface area contributed by atoms with Gasteiger partial charge in [-0.2, -0.15) is 0 Å². The SMILES string of the molecule is C=CC(=C)/C=C1/CC(F)[C@H](N)C1=C. The Morgan fingerprint density at radius 3 is 2.62 bits per heavy atom. The van der Waals surface area contributed by atoms with Crippen molar-refractivity contribution in [2.24, 2.45) is 5.73 Å². The van der Waals surface area contributed by atoms with Crippen LogP contribution in [0.4, 0.5) is 4.39 Å². The summed E-state index contributed by atoms with van der Waals surface area (Å²) < 4.78 is 13.1. The van der Waals surface area contributed by atoms with Crippen molar-refractivity contribution in [2.45, 2.75) is 18.6 Å². The minimum Gasteiger partial charge on any atom is -0.322 e. The molecule has 0 saturated heterocycles. The highest BCUT2D eigenvalue weighted by Gasteiger charge is 2.30. The summed E-state index contributed by atoms with van der Waals surface area (Å²) >= 11 is 0. The molecule has 0 radical (unpaired) electrons. The zero-order chi connectivity index (χ0) is 10.0. The highest BCUT2D eigenvalue weighted by Crippen LogP contribution is 2.31. The van der Waals surface area contributed by atoms with Crippen LogP contribution in [-0.4, -0.2) is 12.2 Å². The molecule has 1 saturated carbocycles. The van der Waals surface area contributed by atoms with Gasteiger partial charge in [-0.3, -0.25) is 0 Å². The highest BCUT2D eigenvalue weighted by molar-refractivity contribution is 5.45. The Kier molecular flexibility index (Phi) is 2.83. The summed E-state index contributed by atoms with van der Waals surface area (Å²) in [4.78, 5) is 0. The molecule has 1 fully saturated rings. The van der Waals surface area contributed by atoms with E-state index in [0.29, 0.717) is 12.0 Å². The first-order valence-electron chi connectivity index (χ1n) is 4.17. The van der Waals surface area contributed by atoms with Crippen molar-refractivity contribution in [3.8, 4) is 0 Å². The van der Waals surface area contributed by atoms with E-state index < -0.39 is 12.2 Å². The molecule has 0 aromatic heterocycles. The van der Waals surface area contributed by atoms with Crippen LogP contribution in [0, 0.1) is 0 Å². The maximum atomic E-state index is 13.1. The van der Waals surface area contributed by atoms with Crippen molar-refractivity contribution in [1.29, 1.82) is 0 Å². The van der Waals surface area contributed by atoms with Crippen molar-refractivity contribution in [3.05, 3.63) is 48.6 Å². The van der Waals surface area contributed by atoms with Crippen LogP contribution in [0.3, 0.4) is 0 Å². The van der Waals surface area contributed by atoms with Gasteiger partial charge in [-0.25, -0.2) is 4.39 Å². The third-order valence-corrected chi connectivity index (χ3v) is 2.24. The van der Waals surface area contributed by atoms with Gasteiger partial charge in [0.15, 0.2) is 0 Å². The number of hydrogen-bond acceptors (Lipinski definition) is 1. The average Bonchev–Trinajstić information content (AvgIpc) is 2.34. The van der Waals surface area contributed by atoms with Crippen LogP contribution >= 0.6 is 0 Å². The van der Waals surface area contributed by atoms with Gasteiger partial charge < -0.3 is 5.73 Å². The quantitative estimate of drug-likeness (QED) is 0.646. The van der Waals surface area contributed by atoms with Gasteiger partial charge in [0.2, 0.25) is 0 Å². The molecule has 1 aliphatic carbocycles. The van der Waals surface area contributed by atoms with Crippen LogP contribution < -0.4 is 5.73 Å². The van der Waals surface area contributed by atoms with Crippen molar-refractivity contribution in [2.75, 3.05) is 0 Å². The normalized spacial score (nSPS) is 30.9. The number of halogens is 1. The maximum absolute atomic E-state index is 13.1. The van der Waals surface area contributed by atoms with E-state index in [9.17, 15) is 4.39 Å². The second kappa shape index (κ2) is 3.71. The molecular formula is C11H14FN. The van der Waals surface area contributed by atoms with Gasteiger partial charge in [0.25, 0.3) is 0 Å². The van der Waals surface area contributed by atoms with E-state index in [1.807, 2.05) is 0 Å². The van der Waals surface area contributed by atoms with E-state index in [-0.39, 0.29) is 0 Å². The van der Waals surface area contributed by atoms with Crippen molar-refractivity contribution < 1.29 is 4.39 Å². The lowest BCUT2D eigenvalue weighted by atomic mass is 10.1. The summed E-state index contributed by atoms with van der Waals surface area (Å²) in [5.74, 6) is 0. The van der Waals surface area contributed by atoms with Crippen molar-refractivity contribution >= 4 is 0 Å². The van der Waals surface area contributed by atoms with Crippen LogP contribution in [-0.2, 0) is 0 Å². The van der Waals surface area contributed by atoms with E-state index in [1.54, 1.807) is 12.2 Å². The molecule has 70 valence electrons. The predicted octanol–water partition coefficient (Wildman–Crippen LogP) is 2.28. The maximum Gasteiger partial charge on any atom is 0.123 e. The zero-order valence-electron chi connectivity index (χ0n) is 7.59. The lowest BCUT2D eigenvalue weighted by Crippen LogP contribution is -2.26. The summed E-state index contributed by atoms with van der Waals surface area (Å²) in [6.07, 6.45) is 2.75. The molecule has 1 rings (SSSR count). The molecule has 2 N–H and O–H groups in total. The predicted molar refractivity (Wildman–Crippen MR) is 54.0 cm³/mol. The molecular weight excluding hydrogens is 165 g/mol. The van der Waals surface area contributed by atoms with E-state index in [4.69, 9.17) is 5.73 Å². The van der Waals surface area contributed by atoms with Crippen LogP contribution in [0.15, 0.2) is 48.6 Å². The summed E-state index contributed by atoms with van der Waals surface area (Å²) in [5, 5.41) is 0. The summed E-state index contributed by atoms with van der Waals surface area (Å²) in [5.41, 5.74) is 7.85. The molecule has 0 bridgehead atoms. The summed E-state index contributed by atoms with van der Waals surface area (Å²) in [6, 6.07) is -0.552. The van der Waals surface area contributed by atoms with Crippen LogP contribution in [0.1, 0.15) is 6.42 Å². The Bertz CT molecular complexity index is 288. The van der Waals surface area contributed by atoms with Crippen molar-refractivity contribution in [3.63, 3.8) is 0 Å². The first-order valence-corrected chi connectivity index (χ1v) is 4.17. The second-order valence-electron chi connectivity index (χ2n) is 3.22. The second-order valence-corrected chi connectivity index (χ2v) is 3.22. The molecule has 1 unspecified atom stereocenters. The molecule has 0 heterocycles. The lowest BCUT2D eigenvalue weighted by Gasteiger charge is -2.04. The number of alkyl halides is 1. The number of hydrogen-bond donors (Lipinski definition) is 1. The fourth-order valence-corrected chi connectivity index (χ4v) is 1.33. The molecule has 0 aliphatic heterocycles. The molecule has 0 aromatic carbocycles. The molecule has 0 amide bonds. The Labute approximate surface area is 78.1 Å². The van der Waals surface area contributed by atoms with Gasteiger partial charge in [0.1, 0.15) is 6.17 Å². The van der Waals surface area contributed by atoms with Crippen LogP contribution in [0.5, 0.6) is 0 Å². The molecule has 1 aliphatic rings. The van der Waals surface area contributed by atoms with E-state index >= 15 is 0 Å². The average molecular weight is 179 g/mol. The minimum absolute atomic E-state index is 0.340. The van der Waals surface area contributed by atoms with Gasteiger partial charge >= 0.3 is 0 Å². The van der Waals surface area contributed by atoms with Gasteiger partial charge in [-0.05, 0) is 16.7 Å². The first kappa shape index (κ1) is 9.93. The minimum atomic E-state index is -1.00. The molecule has 0 spiro atoms. The summed E-state index contributed by atoms with van der Waals surface area (Å²) in [7, 11) is 0. The Balaban J connectivity index is 2.85. The number of allylic oxidation sites excluding steroid dienone is 3. The molecule has 1 nitrogen and oxygen atoms in total. The third-order valence-electron chi connectivity index (χ3n) is 2.24. The first-order chi connectivity index (χ1) is 6.06. The van der Waals surface area contributed by atoms with Gasteiger partial charge in [-0.1, -0.05) is 31.9 Å². The Hall–Kier alpha value is -1.15. The van der Waals surface area contributed by atoms with Crippen LogP contribution in [0.25, 0.3) is 0 Å². The molecule has 0 aromatic rings. The Morgan fingerprint density at radius 2 is 2.23 bits per heavy atom.